The zero-order valence-electron chi connectivity index (χ0n) is 18.9. The van der Waals surface area contributed by atoms with Crippen molar-refractivity contribution >= 4 is 17.4 Å². The summed E-state index contributed by atoms with van der Waals surface area (Å²) in [6.45, 7) is 6.34. The number of amides is 2. The van der Waals surface area contributed by atoms with Crippen molar-refractivity contribution in [2.24, 2.45) is 0 Å². The van der Waals surface area contributed by atoms with E-state index >= 15 is 0 Å². The number of carbonyl (C=O) groups excluding carboxylic acids is 2. The highest BCUT2D eigenvalue weighted by Crippen LogP contribution is 2.34. The van der Waals surface area contributed by atoms with E-state index in [1.807, 2.05) is 69.4 Å². The Bertz CT molecular complexity index is 1000. The lowest BCUT2D eigenvalue weighted by molar-refractivity contribution is -0.138. The molecule has 0 N–H and O–H groups in total. The van der Waals surface area contributed by atoms with Gasteiger partial charge in [-0.3, -0.25) is 14.5 Å². The third-order valence-corrected chi connectivity index (χ3v) is 6.53. The van der Waals surface area contributed by atoms with Crippen LogP contribution >= 0.6 is 0 Å². The van der Waals surface area contributed by atoms with Crippen molar-refractivity contribution in [3.8, 4) is 0 Å². The number of likely N-dealkylation sites (tertiary alicyclic amines) is 1. The molecular weight excluding hydrogens is 386 g/mol. The molecule has 0 saturated carbocycles. The minimum Gasteiger partial charge on any atom is -0.366 e. The average molecular weight is 418 g/mol. The zero-order valence-corrected chi connectivity index (χ0v) is 18.9. The van der Waals surface area contributed by atoms with E-state index in [1.54, 1.807) is 0 Å². The third kappa shape index (κ3) is 4.28. The van der Waals surface area contributed by atoms with Crippen LogP contribution in [-0.4, -0.2) is 59.7 Å². The number of imide groups is 1. The van der Waals surface area contributed by atoms with Crippen LogP contribution in [0.1, 0.15) is 35.1 Å². The molecule has 0 unspecified atom stereocenters. The summed E-state index contributed by atoms with van der Waals surface area (Å²) in [6.07, 6.45) is 1.97. The average Bonchev–Trinajstić information content (AvgIpc) is 3.00. The monoisotopic (exact) mass is 417 g/mol. The van der Waals surface area contributed by atoms with Crippen LogP contribution in [0.15, 0.2) is 54.2 Å². The number of hydrogen-bond donors (Lipinski definition) is 0. The predicted octanol–water partition coefficient (Wildman–Crippen LogP) is 3.61. The molecule has 1 fully saturated rings. The molecule has 4 rings (SSSR count). The largest absolute Gasteiger partial charge is 0.366 e. The van der Waals surface area contributed by atoms with Gasteiger partial charge in [0.15, 0.2) is 0 Å². The molecule has 2 aromatic rings. The van der Waals surface area contributed by atoms with E-state index in [9.17, 15) is 9.59 Å². The highest BCUT2D eigenvalue weighted by atomic mass is 16.2. The molecule has 0 atom stereocenters. The fraction of sp³-hybridized carbons (Fsp3) is 0.385. The molecule has 0 aliphatic carbocycles. The van der Waals surface area contributed by atoms with Crippen molar-refractivity contribution in [2.45, 2.75) is 39.3 Å². The van der Waals surface area contributed by atoms with Gasteiger partial charge in [0.1, 0.15) is 5.70 Å². The molecule has 2 aliphatic rings. The number of aryl methyl sites for hydroxylation is 2. The summed E-state index contributed by atoms with van der Waals surface area (Å²) in [5.41, 5.74) is 5.12. The second-order valence-electron chi connectivity index (χ2n) is 8.92. The van der Waals surface area contributed by atoms with Gasteiger partial charge in [0, 0.05) is 13.1 Å². The second-order valence-corrected chi connectivity index (χ2v) is 8.92. The molecule has 0 spiro atoms. The van der Waals surface area contributed by atoms with Gasteiger partial charge in [-0.25, -0.2) is 0 Å². The molecular formula is C26H31N3O2. The third-order valence-electron chi connectivity index (χ3n) is 6.53. The zero-order chi connectivity index (χ0) is 22.1. The van der Waals surface area contributed by atoms with Crippen molar-refractivity contribution < 1.29 is 9.59 Å². The summed E-state index contributed by atoms with van der Waals surface area (Å²) in [5.74, 6) is -0.396. The smallest absolute Gasteiger partial charge is 0.278 e. The molecule has 2 heterocycles. The number of likely N-dealkylation sites (N-methyl/N-ethyl adjacent to an activating group) is 1. The Morgan fingerprint density at radius 1 is 0.871 bits per heavy atom. The maximum absolute atomic E-state index is 13.6. The molecule has 5 nitrogen and oxygen atoms in total. The molecule has 31 heavy (non-hydrogen) atoms. The predicted molar refractivity (Wildman–Crippen MR) is 123 cm³/mol. The summed E-state index contributed by atoms with van der Waals surface area (Å²) in [4.78, 5) is 32.9. The summed E-state index contributed by atoms with van der Waals surface area (Å²) < 4.78 is 0. The van der Waals surface area contributed by atoms with E-state index in [-0.39, 0.29) is 24.4 Å². The van der Waals surface area contributed by atoms with E-state index in [4.69, 9.17) is 0 Å². The van der Waals surface area contributed by atoms with Crippen LogP contribution in [0, 0.1) is 13.8 Å². The molecule has 2 aromatic carbocycles. The van der Waals surface area contributed by atoms with E-state index in [1.165, 1.54) is 4.90 Å². The number of carbonyl (C=O) groups is 2. The fourth-order valence-corrected chi connectivity index (χ4v) is 4.46. The Morgan fingerprint density at radius 3 is 2.00 bits per heavy atom. The molecule has 162 valence electrons. The van der Waals surface area contributed by atoms with E-state index < -0.39 is 0 Å². The Kier molecular flexibility index (Phi) is 5.96. The van der Waals surface area contributed by atoms with Crippen molar-refractivity contribution in [1.82, 2.24) is 14.7 Å². The van der Waals surface area contributed by atoms with Crippen LogP contribution in [0.5, 0.6) is 0 Å². The van der Waals surface area contributed by atoms with Crippen LogP contribution < -0.4 is 0 Å². The van der Waals surface area contributed by atoms with Crippen LogP contribution in [0.25, 0.3) is 5.57 Å². The van der Waals surface area contributed by atoms with Gasteiger partial charge in [-0.2, -0.15) is 0 Å². The Labute approximate surface area is 184 Å². The number of benzene rings is 2. The molecule has 0 aromatic heterocycles. The summed E-state index contributed by atoms with van der Waals surface area (Å²) in [5, 5.41) is 0. The molecule has 5 heteroatoms. The second kappa shape index (κ2) is 8.67. The van der Waals surface area contributed by atoms with Crippen LogP contribution in [0.3, 0.4) is 0 Å². The lowest BCUT2D eigenvalue weighted by Crippen LogP contribution is -2.43. The SMILES string of the molecule is Cc1ccc(CN2C(=O)C(c3ccc(C)cc3)=C(N(C)C3CCN(C)CC3)C2=O)cc1. The van der Waals surface area contributed by atoms with Gasteiger partial charge >= 0.3 is 0 Å². The van der Waals surface area contributed by atoms with E-state index in [0.717, 1.165) is 48.2 Å². The first kappa shape index (κ1) is 21.3. The first-order chi connectivity index (χ1) is 14.8. The summed E-state index contributed by atoms with van der Waals surface area (Å²) >= 11 is 0. The molecule has 2 amide bonds. The molecule has 0 bridgehead atoms. The lowest BCUT2D eigenvalue weighted by atomic mass is 9.99. The van der Waals surface area contributed by atoms with Crippen LogP contribution in [-0.2, 0) is 16.1 Å². The minimum absolute atomic E-state index is 0.192. The highest BCUT2D eigenvalue weighted by molar-refractivity contribution is 6.35. The maximum Gasteiger partial charge on any atom is 0.278 e. The van der Waals surface area contributed by atoms with Crippen molar-refractivity contribution in [3.05, 3.63) is 76.5 Å². The summed E-state index contributed by atoms with van der Waals surface area (Å²) in [6, 6.07) is 16.1. The van der Waals surface area contributed by atoms with Crippen molar-refractivity contribution in [2.75, 3.05) is 27.2 Å². The van der Waals surface area contributed by atoms with Gasteiger partial charge in [-0.05, 0) is 58.0 Å². The van der Waals surface area contributed by atoms with Crippen molar-refractivity contribution in [3.63, 3.8) is 0 Å². The topological polar surface area (TPSA) is 43.9 Å². The highest BCUT2D eigenvalue weighted by Gasteiger charge is 2.42. The maximum atomic E-state index is 13.6. The van der Waals surface area contributed by atoms with Gasteiger partial charge in [0.2, 0.25) is 0 Å². The Balaban J connectivity index is 1.70. The lowest BCUT2D eigenvalue weighted by Gasteiger charge is -2.36. The van der Waals surface area contributed by atoms with Gasteiger partial charge < -0.3 is 9.80 Å². The standard InChI is InChI=1S/C26H31N3O2/c1-18-5-9-20(10-6-18)17-29-25(30)23(21-11-7-19(2)8-12-21)24(26(29)31)28(4)22-13-15-27(3)16-14-22/h5-12,22H,13-17H2,1-4H3. The molecule has 0 radical (unpaired) electrons. The number of nitrogens with zero attached hydrogens (tertiary/aromatic N) is 3. The first-order valence-corrected chi connectivity index (χ1v) is 11.0. The number of rotatable bonds is 5. The first-order valence-electron chi connectivity index (χ1n) is 11.0. The van der Waals surface area contributed by atoms with Crippen LogP contribution in [0.2, 0.25) is 0 Å². The number of hydrogen-bond acceptors (Lipinski definition) is 4. The Hall–Kier alpha value is -2.92. The minimum atomic E-state index is -0.204. The molecule has 2 aliphatic heterocycles. The quantitative estimate of drug-likeness (QED) is 0.697. The number of piperidine rings is 1. The van der Waals surface area contributed by atoms with Crippen molar-refractivity contribution in [1.29, 1.82) is 0 Å². The van der Waals surface area contributed by atoms with Gasteiger partial charge in [-0.1, -0.05) is 59.7 Å². The summed E-state index contributed by atoms with van der Waals surface area (Å²) in [7, 11) is 4.10. The Morgan fingerprint density at radius 2 is 1.42 bits per heavy atom. The van der Waals surface area contributed by atoms with E-state index in [0.29, 0.717) is 11.3 Å². The fourth-order valence-electron chi connectivity index (χ4n) is 4.46. The molecule has 1 saturated heterocycles. The van der Waals surface area contributed by atoms with Crippen LogP contribution in [0.4, 0.5) is 0 Å². The van der Waals surface area contributed by atoms with Gasteiger partial charge in [0.25, 0.3) is 11.8 Å². The normalized spacial score (nSPS) is 18.3. The van der Waals surface area contributed by atoms with E-state index in [2.05, 4.69) is 16.8 Å². The van der Waals surface area contributed by atoms with Gasteiger partial charge in [-0.15, -0.1) is 0 Å². The van der Waals surface area contributed by atoms with Gasteiger partial charge in [0.05, 0.1) is 12.1 Å².